The van der Waals surface area contributed by atoms with Crippen molar-refractivity contribution in [3.8, 4) is 5.75 Å². The van der Waals surface area contributed by atoms with Crippen molar-refractivity contribution in [1.82, 2.24) is 5.32 Å². The van der Waals surface area contributed by atoms with E-state index in [9.17, 15) is 4.39 Å². The lowest BCUT2D eigenvalue weighted by molar-refractivity contribution is 0.352. The van der Waals surface area contributed by atoms with Crippen molar-refractivity contribution < 1.29 is 9.13 Å². The van der Waals surface area contributed by atoms with Crippen LogP contribution in [0.1, 0.15) is 18.4 Å². The van der Waals surface area contributed by atoms with Crippen LogP contribution in [0, 0.1) is 11.7 Å². The molecule has 1 aromatic rings. The number of halogens is 2. The highest BCUT2D eigenvalue weighted by Crippen LogP contribution is 2.27. The van der Waals surface area contributed by atoms with E-state index in [1.54, 1.807) is 6.07 Å². The molecule has 2 nitrogen and oxygen atoms in total. The van der Waals surface area contributed by atoms with Gasteiger partial charge in [0.15, 0.2) is 11.6 Å². The zero-order valence-corrected chi connectivity index (χ0v) is 11.8. The van der Waals surface area contributed by atoms with E-state index in [4.69, 9.17) is 4.74 Å². The van der Waals surface area contributed by atoms with Gasteiger partial charge in [-0.1, -0.05) is 12.1 Å². The van der Waals surface area contributed by atoms with Crippen molar-refractivity contribution in [2.75, 3.05) is 20.2 Å². The van der Waals surface area contributed by atoms with Gasteiger partial charge in [-0.3, -0.25) is 0 Å². The fourth-order valence-electron chi connectivity index (χ4n) is 2.34. The fourth-order valence-corrected chi connectivity index (χ4v) is 2.34. The molecule has 1 saturated heterocycles. The third-order valence-corrected chi connectivity index (χ3v) is 3.22. The van der Waals surface area contributed by atoms with Crippen LogP contribution >= 0.6 is 17.0 Å². The van der Waals surface area contributed by atoms with Gasteiger partial charge < -0.3 is 10.1 Å². The number of para-hydroxylation sites is 1. The van der Waals surface area contributed by atoms with Gasteiger partial charge in [-0.25, -0.2) is 4.39 Å². The van der Waals surface area contributed by atoms with Gasteiger partial charge in [0, 0.05) is 0 Å². The minimum Gasteiger partial charge on any atom is -0.493 e. The number of piperidine rings is 1. The molecule has 1 heterocycles. The predicted octanol–water partition coefficient (Wildman–Crippen LogP) is 2.95. The average molecular weight is 304 g/mol. The molecule has 0 aromatic heterocycles. The summed E-state index contributed by atoms with van der Waals surface area (Å²) in [5.74, 6) is 0.812. The zero-order chi connectivity index (χ0) is 11.4. The zero-order valence-electron chi connectivity index (χ0n) is 10.0. The molecule has 1 fully saturated rings. The van der Waals surface area contributed by atoms with E-state index in [1.807, 2.05) is 6.07 Å². The Morgan fingerprint density at radius 2 is 2.06 bits per heavy atom. The Hall–Kier alpha value is -0.610. The van der Waals surface area contributed by atoms with Gasteiger partial charge in [0.05, 0.1) is 7.11 Å². The molecule has 0 amide bonds. The van der Waals surface area contributed by atoms with Crippen LogP contribution < -0.4 is 10.1 Å². The molecule has 4 heteroatoms. The van der Waals surface area contributed by atoms with Crippen LogP contribution in [0.2, 0.25) is 0 Å². The van der Waals surface area contributed by atoms with E-state index < -0.39 is 0 Å². The van der Waals surface area contributed by atoms with E-state index in [0.717, 1.165) is 25.1 Å². The largest absolute Gasteiger partial charge is 0.493 e. The molecule has 2 rings (SSSR count). The Bertz CT molecular complexity index is 353. The Morgan fingerprint density at radius 3 is 2.71 bits per heavy atom. The van der Waals surface area contributed by atoms with Gasteiger partial charge in [0.1, 0.15) is 0 Å². The summed E-state index contributed by atoms with van der Waals surface area (Å²) in [6.45, 7) is 2.14. The first-order valence-corrected chi connectivity index (χ1v) is 5.83. The first-order chi connectivity index (χ1) is 7.81. The predicted molar refractivity (Wildman–Crippen MR) is 72.6 cm³/mol. The average Bonchev–Trinajstić information content (AvgIpc) is 2.31. The van der Waals surface area contributed by atoms with E-state index in [0.29, 0.717) is 11.7 Å². The molecule has 0 bridgehead atoms. The maximum atomic E-state index is 13.5. The third-order valence-electron chi connectivity index (χ3n) is 3.22. The third kappa shape index (κ3) is 3.68. The summed E-state index contributed by atoms with van der Waals surface area (Å²) < 4.78 is 18.6. The lowest BCUT2D eigenvalue weighted by atomic mass is 9.90. The fraction of sp³-hybridized carbons (Fsp3) is 0.538. The second-order valence-electron chi connectivity index (χ2n) is 4.33. The summed E-state index contributed by atoms with van der Waals surface area (Å²) in [6.07, 6.45) is 3.25. The molecule has 1 aliphatic heterocycles. The molecule has 96 valence electrons. The lowest BCUT2D eigenvalue weighted by Gasteiger charge is -2.23. The van der Waals surface area contributed by atoms with Crippen molar-refractivity contribution in [1.29, 1.82) is 0 Å². The molecule has 0 atom stereocenters. The van der Waals surface area contributed by atoms with Crippen LogP contribution in [0.25, 0.3) is 0 Å². The molecule has 1 aromatic carbocycles. The molecule has 1 aliphatic rings. The van der Waals surface area contributed by atoms with Gasteiger partial charge >= 0.3 is 0 Å². The summed E-state index contributed by atoms with van der Waals surface area (Å²) in [5, 5.41) is 3.34. The highest BCUT2D eigenvalue weighted by atomic mass is 79.9. The molecular weight excluding hydrogens is 285 g/mol. The maximum Gasteiger partial charge on any atom is 0.165 e. The van der Waals surface area contributed by atoms with E-state index >= 15 is 0 Å². The van der Waals surface area contributed by atoms with Crippen molar-refractivity contribution in [2.45, 2.75) is 19.3 Å². The van der Waals surface area contributed by atoms with E-state index in [-0.39, 0.29) is 22.8 Å². The van der Waals surface area contributed by atoms with Crippen molar-refractivity contribution in [3.05, 3.63) is 29.6 Å². The molecule has 0 unspecified atom stereocenters. The Kier molecular flexibility index (Phi) is 5.92. The second kappa shape index (κ2) is 6.97. The Morgan fingerprint density at radius 1 is 1.35 bits per heavy atom. The smallest absolute Gasteiger partial charge is 0.165 e. The highest BCUT2D eigenvalue weighted by Gasteiger charge is 2.17. The van der Waals surface area contributed by atoms with Crippen LogP contribution in [0.5, 0.6) is 5.75 Å². The second-order valence-corrected chi connectivity index (χ2v) is 4.33. The summed E-state index contributed by atoms with van der Waals surface area (Å²) in [4.78, 5) is 0. The number of benzene rings is 1. The molecule has 0 radical (unpaired) electrons. The van der Waals surface area contributed by atoms with Crippen LogP contribution in [0.3, 0.4) is 0 Å². The Balaban J connectivity index is 0.00000144. The van der Waals surface area contributed by atoms with Crippen molar-refractivity contribution in [3.63, 3.8) is 0 Å². The quantitative estimate of drug-likeness (QED) is 0.927. The number of ether oxygens (including phenoxy) is 1. The van der Waals surface area contributed by atoms with Gasteiger partial charge in [0.2, 0.25) is 0 Å². The number of hydrogen-bond donors (Lipinski definition) is 1. The van der Waals surface area contributed by atoms with Crippen molar-refractivity contribution >= 4 is 17.0 Å². The number of rotatable bonds is 3. The van der Waals surface area contributed by atoms with Crippen LogP contribution in [-0.4, -0.2) is 20.2 Å². The van der Waals surface area contributed by atoms with Gasteiger partial charge in [0.25, 0.3) is 0 Å². The summed E-state index contributed by atoms with van der Waals surface area (Å²) in [5.41, 5.74) is 0.995. The van der Waals surface area contributed by atoms with Gasteiger partial charge in [-0.05, 0) is 49.9 Å². The number of hydrogen-bond acceptors (Lipinski definition) is 2. The summed E-state index contributed by atoms with van der Waals surface area (Å²) in [7, 11) is 1.53. The first kappa shape index (κ1) is 14.5. The molecule has 1 N–H and O–H groups in total. The van der Waals surface area contributed by atoms with Crippen LogP contribution in [-0.2, 0) is 6.42 Å². The highest BCUT2D eigenvalue weighted by molar-refractivity contribution is 8.93. The monoisotopic (exact) mass is 303 g/mol. The van der Waals surface area contributed by atoms with Crippen molar-refractivity contribution in [2.24, 2.45) is 5.92 Å². The molecular formula is C13H19BrFNO. The van der Waals surface area contributed by atoms with Crippen LogP contribution in [0.15, 0.2) is 18.2 Å². The number of nitrogens with one attached hydrogen (secondary N) is 1. The molecule has 0 aliphatic carbocycles. The van der Waals surface area contributed by atoms with E-state index in [1.165, 1.54) is 26.0 Å². The minimum absolute atomic E-state index is 0. The minimum atomic E-state index is -0.256. The number of methoxy groups -OCH3 is 1. The molecule has 17 heavy (non-hydrogen) atoms. The summed E-state index contributed by atoms with van der Waals surface area (Å²) >= 11 is 0. The topological polar surface area (TPSA) is 21.3 Å². The normalized spacial score (nSPS) is 16.4. The molecule has 0 saturated carbocycles. The SMILES string of the molecule is Br.COc1c(F)cccc1CC1CCNCC1. The molecule has 0 spiro atoms. The standard InChI is InChI=1S/C13H18FNO.BrH/c1-16-13-11(3-2-4-12(13)14)9-10-5-7-15-8-6-10;/h2-4,10,15H,5-9H2,1H3;1H. The maximum absolute atomic E-state index is 13.5. The van der Waals surface area contributed by atoms with Crippen LogP contribution in [0.4, 0.5) is 4.39 Å². The Labute approximate surface area is 112 Å². The summed E-state index contributed by atoms with van der Waals surface area (Å²) in [6, 6.07) is 5.17. The van der Waals surface area contributed by atoms with Gasteiger partial charge in [-0.2, -0.15) is 0 Å². The van der Waals surface area contributed by atoms with E-state index in [2.05, 4.69) is 5.32 Å². The lowest BCUT2D eigenvalue weighted by Crippen LogP contribution is -2.28. The first-order valence-electron chi connectivity index (χ1n) is 5.83. The van der Waals surface area contributed by atoms with Gasteiger partial charge in [-0.15, -0.1) is 17.0 Å².